The second kappa shape index (κ2) is 7.83. The number of halogens is 5. The lowest BCUT2D eigenvalue weighted by atomic mass is 10.1. The van der Waals surface area contributed by atoms with Crippen molar-refractivity contribution in [3.63, 3.8) is 0 Å². The minimum absolute atomic E-state index is 0.176. The lowest BCUT2D eigenvalue weighted by Crippen LogP contribution is -2.43. The number of alkyl halides is 5. The number of amides is 1. The standard InChI is InChI=1S/C18H11F5N4O2S/c1-17(19,20)8-13-25-16(30-26-13)27(18(21,22)23)15(28)12-5-6-29-14(12)11-4-2-3-10(7-11)9-24/h2-7H,8H2,1H3. The minimum Gasteiger partial charge on any atom is -0.464 e. The van der Waals surface area contributed by atoms with Crippen molar-refractivity contribution in [1.82, 2.24) is 9.36 Å². The monoisotopic (exact) mass is 442 g/mol. The number of furan rings is 1. The summed E-state index contributed by atoms with van der Waals surface area (Å²) in [4.78, 5) is 15.7. The van der Waals surface area contributed by atoms with Gasteiger partial charge in [0.15, 0.2) is 5.82 Å². The molecule has 156 valence electrons. The maximum atomic E-state index is 13.7. The second-order valence-electron chi connectivity index (χ2n) is 6.20. The Morgan fingerprint density at radius 1 is 1.27 bits per heavy atom. The Hall–Kier alpha value is -3.33. The van der Waals surface area contributed by atoms with E-state index in [1.54, 1.807) is 0 Å². The highest BCUT2D eigenvalue weighted by Gasteiger charge is 2.46. The van der Waals surface area contributed by atoms with Crippen LogP contribution < -0.4 is 4.90 Å². The highest BCUT2D eigenvalue weighted by molar-refractivity contribution is 7.10. The first kappa shape index (κ1) is 21.4. The summed E-state index contributed by atoms with van der Waals surface area (Å²) in [5.41, 5.74) is -0.0164. The Kier molecular flexibility index (Phi) is 5.58. The van der Waals surface area contributed by atoms with E-state index in [1.807, 2.05) is 6.07 Å². The number of carbonyl (C=O) groups excluding carboxylic acids is 1. The van der Waals surface area contributed by atoms with Crippen molar-refractivity contribution in [1.29, 1.82) is 5.26 Å². The zero-order valence-electron chi connectivity index (χ0n) is 15.1. The fourth-order valence-electron chi connectivity index (χ4n) is 2.55. The van der Waals surface area contributed by atoms with Gasteiger partial charge in [-0.2, -0.15) is 14.5 Å². The second-order valence-corrected chi connectivity index (χ2v) is 6.93. The molecule has 0 atom stereocenters. The van der Waals surface area contributed by atoms with Crippen molar-refractivity contribution < 1.29 is 31.2 Å². The summed E-state index contributed by atoms with van der Waals surface area (Å²) in [5.74, 6) is -5.45. The van der Waals surface area contributed by atoms with Crippen molar-refractivity contribution >= 4 is 22.6 Å². The van der Waals surface area contributed by atoms with Gasteiger partial charge in [0, 0.05) is 17.1 Å². The molecular formula is C18H11F5N4O2S. The molecule has 6 nitrogen and oxygen atoms in total. The lowest BCUT2D eigenvalue weighted by Gasteiger charge is -2.21. The van der Waals surface area contributed by atoms with E-state index < -0.39 is 46.0 Å². The first-order valence-corrected chi connectivity index (χ1v) is 8.96. The van der Waals surface area contributed by atoms with Gasteiger partial charge in [0.25, 0.3) is 11.8 Å². The Morgan fingerprint density at radius 2 is 2.00 bits per heavy atom. The molecule has 30 heavy (non-hydrogen) atoms. The third-order valence-corrected chi connectivity index (χ3v) is 4.46. The lowest BCUT2D eigenvalue weighted by molar-refractivity contribution is -0.122. The quantitative estimate of drug-likeness (QED) is 0.409. The van der Waals surface area contributed by atoms with Gasteiger partial charge in [0.1, 0.15) is 5.76 Å². The molecule has 0 unspecified atom stereocenters. The largest absolute Gasteiger partial charge is 0.493 e. The molecule has 3 aromatic rings. The van der Waals surface area contributed by atoms with E-state index in [0.29, 0.717) is 6.92 Å². The van der Waals surface area contributed by atoms with Gasteiger partial charge in [-0.25, -0.2) is 13.8 Å². The summed E-state index contributed by atoms with van der Waals surface area (Å²) in [7, 11) is 0. The first-order valence-electron chi connectivity index (χ1n) is 8.19. The van der Waals surface area contributed by atoms with E-state index in [-0.39, 0.29) is 28.4 Å². The topological polar surface area (TPSA) is 83.0 Å². The molecule has 0 aliphatic rings. The fourth-order valence-corrected chi connectivity index (χ4v) is 3.25. The highest BCUT2D eigenvalue weighted by atomic mass is 32.1. The normalized spacial score (nSPS) is 11.9. The zero-order valence-corrected chi connectivity index (χ0v) is 15.9. The van der Waals surface area contributed by atoms with Gasteiger partial charge < -0.3 is 4.42 Å². The third-order valence-electron chi connectivity index (χ3n) is 3.72. The summed E-state index contributed by atoms with van der Waals surface area (Å²) in [6, 6.07) is 8.68. The van der Waals surface area contributed by atoms with Gasteiger partial charge in [-0.3, -0.25) is 4.79 Å². The van der Waals surface area contributed by atoms with Crippen molar-refractivity contribution in [3.8, 4) is 17.4 Å². The van der Waals surface area contributed by atoms with E-state index >= 15 is 0 Å². The van der Waals surface area contributed by atoms with Crippen LogP contribution >= 0.6 is 11.5 Å². The molecule has 0 saturated carbocycles. The number of rotatable bonds is 5. The van der Waals surface area contributed by atoms with Crippen molar-refractivity contribution in [2.24, 2.45) is 0 Å². The Morgan fingerprint density at radius 3 is 2.63 bits per heavy atom. The van der Waals surface area contributed by atoms with Crippen LogP contribution in [0.2, 0.25) is 0 Å². The van der Waals surface area contributed by atoms with Crippen molar-refractivity contribution in [2.75, 3.05) is 4.90 Å². The molecule has 3 rings (SSSR count). The van der Waals surface area contributed by atoms with Crippen LogP contribution in [-0.4, -0.2) is 27.5 Å². The van der Waals surface area contributed by atoms with Gasteiger partial charge >= 0.3 is 6.30 Å². The number of nitriles is 1. The summed E-state index contributed by atoms with van der Waals surface area (Å²) in [5, 5.41) is 8.09. The predicted molar refractivity (Wildman–Crippen MR) is 96.0 cm³/mol. The molecule has 0 radical (unpaired) electrons. The Labute approximate surface area is 170 Å². The number of hydrogen-bond donors (Lipinski definition) is 0. The maximum Gasteiger partial charge on any atom is 0.493 e. The van der Waals surface area contributed by atoms with Crippen molar-refractivity contribution in [2.45, 2.75) is 25.6 Å². The highest BCUT2D eigenvalue weighted by Crippen LogP contribution is 2.35. The molecule has 0 spiro atoms. The molecule has 0 bridgehead atoms. The molecule has 0 aliphatic carbocycles. The predicted octanol–water partition coefficient (Wildman–Crippen LogP) is 5.03. The fraction of sp³-hybridized carbons (Fsp3) is 0.222. The van der Waals surface area contributed by atoms with Gasteiger partial charge in [-0.05, 0) is 25.1 Å². The average Bonchev–Trinajstić information content (AvgIpc) is 3.29. The van der Waals surface area contributed by atoms with Crippen molar-refractivity contribution in [3.05, 3.63) is 53.5 Å². The van der Waals surface area contributed by atoms with E-state index in [9.17, 15) is 26.7 Å². The molecule has 0 saturated heterocycles. The van der Waals surface area contributed by atoms with Crippen LogP contribution in [0.5, 0.6) is 0 Å². The number of aromatic nitrogens is 2. The summed E-state index contributed by atoms with van der Waals surface area (Å²) < 4.78 is 75.9. The van der Waals surface area contributed by atoms with E-state index in [0.717, 1.165) is 12.3 Å². The van der Waals surface area contributed by atoms with Crippen LogP contribution in [-0.2, 0) is 6.42 Å². The van der Waals surface area contributed by atoms with Gasteiger partial charge in [0.2, 0.25) is 5.13 Å². The molecular weight excluding hydrogens is 431 g/mol. The molecule has 1 amide bonds. The molecule has 2 aromatic heterocycles. The third kappa shape index (κ3) is 4.62. The number of carbonyl (C=O) groups is 1. The van der Waals surface area contributed by atoms with Crippen LogP contribution in [0.3, 0.4) is 0 Å². The smallest absolute Gasteiger partial charge is 0.464 e. The van der Waals surface area contributed by atoms with Crippen LogP contribution in [0, 0.1) is 11.3 Å². The molecule has 0 aliphatic heterocycles. The molecule has 0 fully saturated rings. The number of hydrogen-bond acceptors (Lipinski definition) is 6. The van der Waals surface area contributed by atoms with Crippen LogP contribution in [0.15, 0.2) is 41.0 Å². The van der Waals surface area contributed by atoms with E-state index in [2.05, 4.69) is 9.36 Å². The van der Waals surface area contributed by atoms with Gasteiger partial charge in [-0.1, -0.05) is 12.1 Å². The first-order chi connectivity index (χ1) is 14.0. The van der Waals surface area contributed by atoms with Gasteiger partial charge in [-0.15, -0.1) is 13.2 Å². The molecule has 12 heteroatoms. The van der Waals surface area contributed by atoms with E-state index in [1.165, 1.54) is 24.3 Å². The molecule has 2 heterocycles. The van der Waals surface area contributed by atoms with Gasteiger partial charge in [0.05, 0.1) is 29.9 Å². The SMILES string of the molecule is CC(F)(F)Cc1nsc(N(C(=O)c2ccoc2-c2cccc(C#N)c2)C(F)(F)F)n1. The molecule has 0 N–H and O–H groups in total. The summed E-state index contributed by atoms with van der Waals surface area (Å²) >= 11 is 0.176. The van der Waals surface area contributed by atoms with Crippen LogP contribution in [0.4, 0.5) is 27.1 Å². The Balaban J connectivity index is 2.01. The maximum absolute atomic E-state index is 13.7. The van der Waals surface area contributed by atoms with E-state index in [4.69, 9.17) is 9.68 Å². The number of benzene rings is 1. The number of anilines is 1. The average molecular weight is 442 g/mol. The summed E-state index contributed by atoms with van der Waals surface area (Å²) in [6.07, 6.45) is -5.15. The minimum atomic E-state index is -5.20. The van der Waals surface area contributed by atoms with Crippen LogP contribution in [0.1, 0.15) is 28.7 Å². The Bertz CT molecular complexity index is 1110. The molecule has 1 aromatic carbocycles. The summed E-state index contributed by atoms with van der Waals surface area (Å²) in [6.45, 7) is 0.577. The van der Waals surface area contributed by atoms with Crippen LogP contribution in [0.25, 0.3) is 11.3 Å². The number of nitrogens with zero attached hydrogens (tertiary/aromatic N) is 4. The zero-order chi connectivity index (χ0) is 22.1.